The monoisotopic (exact) mass is 269 g/mol. The summed E-state index contributed by atoms with van der Waals surface area (Å²) in [6.45, 7) is 1.64. The molecule has 0 saturated heterocycles. The van der Waals surface area contributed by atoms with Gasteiger partial charge in [0.05, 0.1) is 0 Å². The molecule has 0 heterocycles. The Morgan fingerprint density at radius 2 is 1.60 bits per heavy atom. The number of likely N-dealkylation sites (N-methyl/N-ethyl adjacent to an activating group) is 1. The lowest BCUT2D eigenvalue weighted by Crippen LogP contribution is -2.35. The minimum Gasteiger partial charge on any atom is -0.423 e. The molecule has 0 aromatic heterocycles. The Bertz CT molecular complexity index is 531. The molecule has 0 amide bonds. The average molecular weight is 269 g/mol. The van der Waals surface area contributed by atoms with E-state index in [-0.39, 0.29) is 0 Å². The zero-order chi connectivity index (χ0) is 14.4. The minimum atomic E-state index is -1.41. The molecule has 20 heavy (non-hydrogen) atoms. The van der Waals surface area contributed by atoms with Gasteiger partial charge in [-0.2, -0.15) is 0 Å². The average Bonchev–Trinajstić information content (AvgIpc) is 2.46. The van der Waals surface area contributed by atoms with Crippen LogP contribution in [-0.2, 0) is 13.0 Å². The van der Waals surface area contributed by atoms with Crippen molar-refractivity contribution in [3.05, 3.63) is 65.7 Å². The van der Waals surface area contributed by atoms with Crippen LogP contribution in [0, 0.1) is 0 Å². The van der Waals surface area contributed by atoms with Crippen LogP contribution in [0.4, 0.5) is 0 Å². The van der Waals surface area contributed by atoms with E-state index in [9.17, 15) is 10.0 Å². The second-order valence-corrected chi connectivity index (χ2v) is 5.05. The van der Waals surface area contributed by atoms with Gasteiger partial charge in [-0.05, 0) is 30.1 Å². The number of nitrogens with zero attached hydrogens (tertiary/aromatic N) is 1. The first kappa shape index (κ1) is 14.8. The third kappa shape index (κ3) is 4.20. The largest absolute Gasteiger partial charge is 0.488 e. The van der Waals surface area contributed by atoms with Crippen molar-refractivity contribution in [3.63, 3.8) is 0 Å². The molecule has 0 fully saturated rings. The molecule has 0 atom stereocenters. The Hall–Kier alpha value is -1.62. The van der Waals surface area contributed by atoms with Crippen molar-refractivity contribution in [2.75, 3.05) is 13.6 Å². The molecule has 4 heteroatoms. The Labute approximate surface area is 120 Å². The van der Waals surface area contributed by atoms with Crippen LogP contribution in [0.25, 0.3) is 0 Å². The SMILES string of the molecule is CN(CCc1ccccc1)Cc1ccccc1B(O)O. The highest BCUT2D eigenvalue weighted by Crippen LogP contribution is 2.04. The molecule has 104 valence electrons. The number of benzene rings is 2. The first-order valence-electron chi connectivity index (χ1n) is 6.83. The second-order valence-electron chi connectivity index (χ2n) is 5.05. The van der Waals surface area contributed by atoms with Gasteiger partial charge in [0, 0.05) is 13.1 Å². The van der Waals surface area contributed by atoms with Crippen molar-refractivity contribution in [3.8, 4) is 0 Å². The van der Waals surface area contributed by atoms with Crippen LogP contribution in [0.3, 0.4) is 0 Å². The molecule has 2 aromatic carbocycles. The van der Waals surface area contributed by atoms with E-state index in [1.54, 1.807) is 6.07 Å². The zero-order valence-corrected chi connectivity index (χ0v) is 11.7. The Balaban J connectivity index is 1.93. The predicted octanol–water partition coefficient (Wildman–Crippen LogP) is 1.04. The molecular formula is C16H20BNO2. The van der Waals surface area contributed by atoms with Crippen molar-refractivity contribution < 1.29 is 10.0 Å². The van der Waals surface area contributed by atoms with Gasteiger partial charge in [-0.3, -0.25) is 0 Å². The topological polar surface area (TPSA) is 43.7 Å². The molecule has 2 N–H and O–H groups in total. The van der Waals surface area contributed by atoms with Crippen molar-refractivity contribution in [1.82, 2.24) is 4.90 Å². The fraction of sp³-hybridized carbons (Fsp3) is 0.250. The van der Waals surface area contributed by atoms with Gasteiger partial charge in [-0.15, -0.1) is 0 Å². The standard InChI is InChI=1S/C16H20BNO2/c1-18(12-11-14-7-3-2-4-8-14)13-15-9-5-6-10-16(15)17(19)20/h2-10,19-20H,11-13H2,1H3. The van der Waals surface area contributed by atoms with Crippen LogP contribution in [0.5, 0.6) is 0 Å². The summed E-state index contributed by atoms with van der Waals surface area (Å²) < 4.78 is 0. The molecule has 0 spiro atoms. The Kier molecular flexibility index (Phi) is 5.36. The quantitative estimate of drug-likeness (QED) is 0.770. The van der Waals surface area contributed by atoms with Crippen molar-refractivity contribution in [1.29, 1.82) is 0 Å². The normalized spacial score (nSPS) is 10.8. The van der Waals surface area contributed by atoms with E-state index in [4.69, 9.17) is 0 Å². The maximum Gasteiger partial charge on any atom is 0.488 e. The highest BCUT2D eigenvalue weighted by molar-refractivity contribution is 6.59. The lowest BCUT2D eigenvalue weighted by atomic mass is 9.77. The molecule has 2 aromatic rings. The fourth-order valence-corrected chi connectivity index (χ4v) is 2.26. The van der Waals surface area contributed by atoms with Crippen molar-refractivity contribution in [2.24, 2.45) is 0 Å². The summed E-state index contributed by atoms with van der Waals surface area (Å²) in [4.78, 5) is 2.19. The lowest BCUT2D eigenvalue weighted by Gasteiger charge is -2.18. The van der Waals surface area contributed by atoms with Crippen LogP contribution >= 0.6 is 0 Å². The first-order chi connectivity index (χ1) is 9.66. The summed E-state index contributed by atoms with van der Waals surface area (Å²) in [5.41, 5.74) is 2.85. The van der Waals surface area contributed by atoms with Gasteiger partial charge >= 0.3 is 7.12 Å². The van der Waals surface area contributed by atoms with Crippen LogP contribution in [0.1, 0.15) is 11.1 Å². The molecular weight excluding hydrogens is 249 g/mol. The van der Waals surface area contributed by atoms with Crippen LogP contribution in [0.2, 0.25) is 0 Å². The Morgan fingerprint density at radius 1 is 0.950 bits per heavy atom. The summed E-state index contributed by atoms with van der Waals surface area (Å²) in [5, 5.41) is 18.7. The van der Waals surface area contributed by atoms with E-state index in [1.165, 1.54) is 5.56 Å². The van der Waals surface area contributed by atoms with Gasteiger partial charge in [0.1, 0.15) is 0 Å². The van der Waals surface area contributed by atoms with E-state index in [1.807, 2.05) is 43.4 Å². The van der Waals surface area contributed by atoms with Gasteiger partial charge in [0.25, 0.3) is 0 Å². The maximum atomic E-state index is 9.36. The zero-order valence-electron chi connectivity index (χ0n) is 11.7. The Morgan fingerprint density at radius 3 is 2.30 bits per heavy atom. The fourth-order valence-electron chi connectivity index (χ4n) is 2.26. The highest BCUT2D eigenvalue weighted by atomic mass is 16.4. The van der Waals surface area contributed by atoms with Gasteiger partial charge in [0.15, 0.2) is 0 Å². The van der Waals surface area contributed by atoms with Crippen LogP contribution in [-0.4, -0.2) is 35.7 Å². The van der Waals surface area contributed by atoms with Gasteiger partial charge in [-0.1, -0.05) is 54.6 Å². The smallest absolute Gasteiger partial charge is 0.423 e. The summed E-state index contributed by atoms with van der Waals surface area (Å²) in [5.74, 6) is 0. The molecule has 0 aliphatic carbocycles. The summed E-state index contributed by atoms with van der Waals surface area (Å²) in [7, 11) is 0.637. The van der Waals surface area contributed by atoms with E-state index in [2.05, 4.69) is 17.0 Å². The van der Waals surface area contributed by atoms with Crippen LogP contribution in [0.15, 0.2) is 54.6 Å². The number of rotatable bonds is 6. The van der Waals surface area contributed by atoms with E-state index >= 15 is 0 Å². The number of hydrogen-bond acceptors (Lipinski definition) is 3. The lowest BCUT2D eigenvalue weighted by molar-refractivity contribution is 0.331. The van der Waals surface area contributed by atoms with Gasteiger partial charge < -0.3 is 14.9 Å². The molecule has 0 bridgehead atoms. The van der Waals surface area contributed by atoms with Gasteiger partial charge in [0.2, 0.25) is 0 Å². The summed E-state index contributed by atoms with van der Waals surface area (Å²) in [6.07, 6.45) is 0.987. The third-order valence-electron chi connectivity index (χ3n) is 3.40. The minimum absolute atomic E-state index is 0.582. The maximum absolute atomic E-state index is 9.36. The molecule has 2 rings (SSSR count). The molecule has 0 aliphatic heterocycles. The van der Waals surface area contributed by atoms with Crippen molar-refractivity contribution >= 4 is 12.6 Å². The van der Waals surface area contributed by atoms with Gasteiger partial charge in [-0.25, -0.2) is 0 Å². The first-order valence-corrected chi connectivity index (χ1v) is 6.83. The molecule has 0 unspecified atom stereocenters. The van der Waals surface area contributed by atoms with E-state index < -0.39 is 7.12 Å². The van der Waals surface area contributed by atoms with E-state index in [0.29, 0.717) is 12.0 Å². The summed E-state index contributed by atoms with van der Waals surface area (Å²) >= 11 is 0. The van der Waals surface area contributed by atoms with Crippen LogP contribution < -0.4 is 5.46 Å². The third-order valence-corrected chi connectivity index (χ3v) is 3.40. The summed E-state index contributed by atoms with van der Waals surface area (Å²) in [6, 6.07) is 17.8. The van der Waals surface area contributed by atoms with Crippen molar-refractivity contribution in [2.45, 2.75) is 13.0 Å². The molecule has 3 nitrogen and oxygen atoms in total. The molecule has 0 aliphatic rings. The van der Waals surface area contributed by atoms with E-state index in [0.717, 1.165) is 18.5 Å². The second kappa shape index (κ2) is 7.24. The molecule has 0 radical (unpaired) electrons. The molecule has 0 saturated carbocycles. The highest BCUT2D eigenvalue weighted by Gasteiger charge is 2.15. The predicted molar refractivity (Wildman–Crippen MR) is 82.7 cm³/mol. The number of hydrogen-bond donors (Lipinski definition) is 2.